The third-order valence-electron chi connectivity index (χ3n) is 9.52. The quantitative estimate of drug-likeness (QED) is 0.633. The highest BCUT2D eigenvalue weighted by atomic mass is 15.1. The molecule has 0 nitrogen and oxygen atoms in total. The van der Waals surface area contributed by atoms with Crippen LogP contribution >= 0.6 is 0 Å². The van der Waals surface area contributed by atoms with Gasteiger partial charge in [-0.15, -0.1) is 0 Å². The zero-order valence-electron chi connectivity index (χ0n) is 13.1. The van der Waals surface area contributed by atoms with Gasteiger partial charge >= 0.3 is 0 Å². The fourth-order valence-corrected chi connectivity index (χ4v) is 7.68. The van der Waals surface area contributed by atoms with Crippen LogP contribution in [0.2, 0.25) is 0 Å². The molecule has 0 radical (unpaired) electrons. The first kappa shape index (κ1) is 11.8. The van der Waals surface area contributed by atoms with Gasteiger partial charge in [0.1, 0.15) is 0 Å². The van der Waals surface area contributed by atoms with Gasteiger partial charge in [0, 0.05) is 0 Å². The number of hydrogen-bond acceptors (Lipinski definition) is 0. The second kappa shape index (κ2) is 2.72. The molecule has 0 bridgehead atoms. The third-order valence-corrected chi connectivity index (χ3v) is 9.52. The van der Waals surface area contributed by atoms with E-state index in [2.05, 4.69) is 41.5 Å². The van der Waals surface area contributed by atoms with Gasteiger partial charge in [-0.2, -0.15) is 0 Å². The second-order valence-electron chi connectivity index (χ2n) is 9.03. The molecule has 4 saturated carbocycles. The molecule has 8 unspecified atom stereocenters. The highest BCUT2D eigenvalue weighted by molar-refractivity contribution is 5.49. The molecule has 0 aromatic rings. The predicted molar refractivity (Wildman–Crippen MR) is 76.2 cm³/mol. The highest BCUT2D eigenvalue weighted by Crippen LogP contribution is 3.07. The van der Waals surface area contributed by atoms with E-state index >= 15 is 0 Å². The summed E-state index contributed by atoms with van der Waals surface area (Å²) < 4.78 is 0. The fraction of sp³-hybridized carbons (Fsp3) is 1.00. The highest BCUT2D eigenvalue weighted by Gasteiger charge is 3.02. The van der Waals surface area contributed by atoms with Gasteiger partial charge in [-0.3, -0.25) is 0 Å². The average molecular weight is 246 g/mol. The lowest BCUT2D eigenvalue weighted by Gasteiger charge is -2.52. The summed E-state index contributed by atoms with van der Waals surface area (Å²) in [5.41, 5.74) is 2.94. The van der Waals surface area contributed by atoms with Crippen LogP contribution in [0.25, 0.3) is 0 Å². The molecule has 8 atom stereocenters. The number of hydrogen-bond donors (Lipinski definition) is 0. The summed E-state index contributed by atoms with van der Waals surface area (Å²) in [5.74, 6) is 3.90. The number of rotatable bonds is 2. The predicted octanol–water partition coefficient (Wildman–Crippen LogP) is 5.13. The summed E-state index contributed by atoms with van der Waals surface area (Å²) in [7, 11) is 0. The first-order valence-electron chi connectivity index (χ1n) is 8.29. The van der Waals surface area contributed by atoms with Gasteiger partial charge < -0.3 is 0 Å². The van der Waals surface area contributed by atoms with E-state index in [0.29, 0.717) is 5.41 Å². The first-order valence-corrected chi connectivity index (χ1v) is 8.29. The van der Waals surface area contributed by atoms with Crippen molar-refractivity contribution in [3.63, 3.8) is 0 Å². The van der Waals surface area contributed by atoms with Crippen LogP contribution in [0.1, 0.15) is 67.2 Å². The third kappa shape index (κ3) is 0.756. The van der Waals surface area contributed by atoms with Gasteiger partial charge in [0.2, 0.25) is 0 Å². The minimum Gasteiger partial charge on any atom is -0.0620 e. The lowest BCUT2D eigenvalue weighted by Crippen LogP contribution is -2.45. The van der Waals surface area contributed by atoms with Crippen molar-refractivity contribution in [2.24, 2.45) is 45.3 Å². The molecular formula is C18H30. The molecule has 4 rings (SSSR count). The van der Waals surface area contributed by atoms with E-state index < -0.39 is 0 Å². The van der Waals surface area contributed by atoms with E-state index in [1.54, 1.807) is 6.42 Å². The topological polar surface area (TPSA) is 0 Å². The lowest BCUT2D eigenvalue weighted by atomic mass is 9.52. The summed E-state index contributed by atoms with van der Waals surface area (Å²) in [4.78, 5) is 0. The smallest absolute Gasteiger partial charge is 0.0134 e. The monoisotopic (exact) mass is 246 g/mol. The van der Waals surface area contributed by atoms with E-state index in [0.717, 1.165) is 39.9 Å². The summed E-state index contributed by atoms with van der Waals surface area (Å²) in [5, 5.41) is 0. The van der Waals surface area contributed by atoms with Gasteiger partial charge in [-0.05, 0) is 71.0 Å². The van der Waals surface area contributed by atoms with Crippen molar-refractivity contribution in [2.45, 2.75) is 67.2 Å². The van der Waals surface area contributed by atoms with Crippen molar-refractivity contribution >= 4 is 0 Å². The van der Waals surface area contributed by atoms with Crippen LogP contribution in [0.15, 0.2) is 0 Å². The fourth-order valence-electron chi connectivity index (χ4n) is 7.68. The molecule has 0 heteroatoms. The Hall–Kier alpha value is 0. The SMILES string of the molecule is CC1CCC1(C)C(C)C12CC13C(C)CC(C)C32C. The lowest BCUT2D eigenvalue weighted by molar-refractivity contribution is -0.0348. The molecule has 0 saturated heterocycles. The molecule has 0 amide bonds. The maximum absolute atomic E-state index is 2.65. The molecule has 102 valence electrons. The van der Waals surface area contributed by atoms with E-state index in [4.69, 9.17) is 0 Å². The zero-order valence-corrected chi connectivity index (χ0v) is 13.1. The van der Waals surface area contributed by atoms with Crippen LogP contribution in [-0.4, -0.2) is 0 Å². The summed E-state index contributed by atoms with van der Waals surface area (Å²) in [6.45, 7) is 15.5. The van der Waals surface area contributed by atoms with Crippen LogP contribution < -0.4 is 0 Å². The Balaban J connectivity index is 1.69. The summed E-state index contributed by atoms with van der Waals surface area (Å²) >= 11 is 0. The van der Waals surface area contributed by atoms with Crippen LogP contribution in [0, 0.1) is 45.3 Å². The molecule has 4 aliphatic carbocycles. The molecule has 0 heterocycles. The van der Waals surface area contributed by atoms with Crippen LogP contribution in [0.5, 0.6) is 0 Å². The standard InChI is InChI=1S/C18H30/c1-11-7-8-15(11,5)14(4)18-10-17(18)13(3)9-12(2)16(17,18)6/h11-14H,7-10H2,1-6H3. The van der Waals surface area contributed by atoms with Crippen molar-refractivity contribution in [3.8, 4) is 0 Å². The molecule has 4 aliphatic rings. The van der Waals surface area contributed by atoms with Crippen LogP contribution in [0.4, 0.5) is 0 Å². The van der Waals surface area contributed by atoms with Crippen molar-refractivity contribution in [3.05, 3.63) is 0 Å². The Morgan fingerprint density at radius 3 is 2.06 bits per heavy atom. The van der Waals surface area contributed by atoms with E-state index in [-0.39, 0.29) is 0 Å². The maximum Gasteiger partial charge on any atom is -0.0134 e. The van der Waals surface area contributed by atoms with Crippen molar-refractivity contribution in [2.75, 3.05) is 0 Å². The van der Waals surface area contributed by atoms with Gasteiger partial charge in [-0.1, -0.05) is 41.5 Å². The molecule has 4 fully saturated rings. The maximum atomic E-state index is 2.65. The van der Waals surface area contributed by atoms with Gasteiger partial charge in [0.15, 0.2) is 0 Å². The van der Waals surface area contributed by atoms with Gasteiger partial charge in [0.05, 0.1) is 0 Å². The Kier molecular flexibility index (Phi) is 1.78. The number of fused-ring (bicyclic) bond motifs is 1. The molecular weight excluding hydrogens is 216 g/mol. The van der Waals surface area contributed by atoms with E-state index in [9.17, 15) is 0 Å². The molecule has 18 heavy (non-hydrogen) atoms. The molecule has 0 aromatic carbocycles. The largest absolute Gasteiger partial charge is 0.0620 e. The minimum atomic E-state index is 0.663. The average Bonchev–Trinajstić information content (AvgIpc) is 3.15. The Morgan fingerprint density at radius 2 is 1.67 bits per heavy atom. The van der Waals surface area contributed by atoms with Crippen molar-refractivity contribution in [1.29, 1.82) is 0 Å². The summed E-state index contributed by atoms with van der Waals surface area (Å²) in [6.07, 6.45) is 6.04. The normalized spacial score (nSPS) is 70.0. The van der Waals surface area contributed by atoms with Crippen molar-refractivity contribution < 1.29 is 0 Å². The van der Waals surface area contributed by atoms with Crippen LogP contribution in [0.3, 0.4) is 0 Å². The van der Waals surface area contributed by atoms with Crippen molar-refractivity contribution in [1.82, 2.24) is 0 Å². The Labute approximate surface area is 113 Å². The zero-order chi connectivity index (χ0) is 13.1. The molecule has 1 spiro atoms. The Bertz CT molecular complexity index is 410. The minimum absolute atomic E-state index is 0.663. The Morgan fingerprint density at radius 1 is 1.00 bits per heavy atom. The van der Waals surface area contributed by atoms with Crippen LogP contribution in [-0.2, 0) is 0 Å². The molecule has 0 N–H and O–H groups in total. The molecule has 0 aromatic heterocycles. The van der Waals surface area contributed by atoms with E-state index in [1.165, 1.54) is 19.3 Å². The second-order valence-corrected chi connectivity index (χ2v) is 9.03. The van der Waals surface area contributed by atoms with Gasteiger partial charge in [0.25, 0.3) is 0 Å². The van der Waals surface area contributed by atoms with E-state index in [1.807, 2.05) is 0 Å². The molecule has 0 aliphatic heterocycles. The summed E-state index contributed by atoms with van der Waals surface area (Å²) in [6, 6.07) is 0. The van der Waals surface area contributed by atoms with Gasteiger partial charge in [-0.25, -0.2) is 0 Å². The first-order chi connectivity index (χ1) is 8.29.